The summed E-state index contributed by atoms with van der Waals surface area (Å²) in [7, 11) is 1.62. The van der Waals surface area contributed by atoms with Gasteiger partial charge in [0.05, 0.1) is 18.4 Å². The molecule has 1 N–H and O–H groups in total. The Labute approximate surface area is 179 Å². The van der Waals surface area contributed by atoms with Crippen LogP contribution < -0.4 is 10.1 Å². The summed E-state index contributed by atoms with van der Waals surface area (Å²) in [4.78, 5) is 14.1. The number of ether oxygens (including phenoxy) is 1. The number of amides is 1. The summed E-state index contributed by atoms with van der Waals surface area (Å²) in [5, 5.41) is 12.4. The maximum absolute atomic E-state index is 12.6. The van der Waals surface area contributed by atoms with Crippen LogP contribution in [-0.2, 0) is 0 Å². The maximum Gasteiger partial charge on any atom is 0.256 e. The Hall–Kier alpha value is -2.65. The molecule has 0 radical (unpaired) electrons. The monoisotopic (exact) mass is 504 g/mol. The Balaban J connectivity index is 1.60. The van der Waals surface area contributed by atoms with Crippen molar-refractivity contribution in [2.24, 2.45) is 0 Å². The van der Waals surface area contributed by atoms with Crippen LogP contribution in [0.5, 0.6) is 5.75 Å². The van der Waals surface area contributed by atoms with Gasteiger partial charge in [-0.05, 0) is 83.3 Å². The Kier molecular flexibility index (Phi) is 5.19. The third-order valence-corrected chi connectivity index (χ3v) is 5.29. The van der Waals surface area contributed by atoms with E-state index in [2.05, 4.69) is 38.1 Å². The molecule has 4 rings (SSSR count). The average Bonchev–Trinajstić information content (AvgIpc) is 3.13. The predicted molar refractivity (Wildman–Crippen MR) is 118 cm³/mol. The quantitative estimate of drug-likeness (QED) is 0.400. The first-order valence-corrected chi connectivity index (χ1v) is 9.77. The number of fused-ring (bicyclic) bond motifs is 1. The Morgan fingerprint density at radius 2 is 1.79 bits per heavy atom. The van der Waals surface area contributed by atoms with Gasteiger partial charge in [0.15, 0.2) is 0 Å². The lowest BCUT2D eigenvalue weighted by Crippen LogP contribution is -2.13. The molecule has 0 saturated carbocycles. The molecule has 28 heavy (non-hydrogen) atoms. The molecular weight excluding hydrogens is 491 g/mol. The number of benzene rings is 3. The highest BCUT2D eigenvalue weighted by Gasteiger charge is 2.12. The highest BCUT2D eigenvalue weighted by Crippen LogP contribution is 2.22. The third kappa shape index (κ3) is 3.81. The van der Waals surface area contributed by atoms with Gasteiger partial charge in [-0.25, -0.2) is 0 Å². The van der Waals surface area contributed by atoms with Crippen LogP contribution in [0.1, 0.15) is 10.4 Å². The number of hydrogen-bond donors (Lipinski definition) is 1. The zero-order valence-corrected chi connectivity index (χ0v) is 17.6. The number of rotatable bonds is 4. The van der Waals surface area contributed by atoms with Crippen LogP contribution in [0.2, 0.25) is 5.02 Å². The van der Waals surface area contributed by atoms with Crippen molar-refractivity contribution in [1.29, 1.82) is 0 Å². The first kappa shape index (κ1) is 18.7. The van der Waals surface area contributed by atoms with Crippen LogP contribution in [0.4, 0.5) is 5.69 Å². The second-order valence-electron chi connectivity index (χ2n) is 5.97. The van der Waals surface area contributed by atoms with E-state index in [1.165, 1.54) is 0 Å². The van der Waals surface area contributed by atoms with Crippen molar-refractivity contribution in [3.05, 3.63) is 74.8 Å². The van der Waals surface area contributed by atoms with E-state index in [9.17, 15) is 4.79 Å². The van der Waals surface area contributed by atoms with Crippen molar-refractivity contribution in [2.45, 2.75) is 0 Å². The van der Waals surface area contributed by atoms with Crippen LogP contribution >= 0.6 is 34.2 Å². The summed E-state index contributed by atoms with van der Waals surface area (Å²) < 4.78 is 5.99. The van der Waals surface area contributed by atoms with Crippen LogP contribution in [0, 0.1) is 3.57 Å². The van der Waals surface area contributed by atoms with Crippen molar-refractivity contribution < 1.29 is 9.53 Å². The van der Waals surface area contributed by atoms with Crippen LogP contribution in [0.15, 0.2) is 60.7 Å². The van der Waals surface area contributed by atoms with Crippen LogP contribution in [-0.4, -0.2) is 28.0 Å². The molecule has 140 valence electrons. The number of carbonyl (C=O) groups is 1. The summed E-state index contributed by atoms with van der Waals surface area (Å²) in [5.74, 6) is 0.537. The second-order valence-corrected chi connectivity index (χ2v) is 7.57. The Morgan fingerprint density at radius 3 is 2.54 bits per heavy atom. The summed E-state index contributed by atoms with van der Waals surface area (Å²) in [5.41, 5.74) is 3.38. The molecule has 0 bridgehead atoms. The van der Waals surface area contributed by atoms with Gasteiger partial charge in [0.2, 0.25) is 0 Å². The van der Waals surface area contributed by atoms with E-state index in [-0.39, 0.29) is 5.91 Å². The fraction of sp³-hybridized carbons (Fsp3) is 0.0500. The molecule has 0 fully saturated rings. The van der Waals surface area contributed by atoms with Gasteiger partial charge in [0.25, 0.3) is 5.91 Å². The van der Waals surface area contributed by atoms with Crippen molar-refractivity contribution in [3.63, 3.8) is 0 Å². The van der Waals surface area contributed by atoms with Gasteiger partial charge in [-0.2, -0.15) is 4.80 Å². The minimum atomic E-state index is -0.228. The smallest absolute Gasteiger partial charge is 0.256 e. The number of nitrogens with one attached hydrogen (secondary N) is 1. The highest BCUT2D eigenvalue weighted by atomic mass is 127. The minimum Gasteiger partial charge on any atom is -0.497 e. The zero-order valence-electron chi connectivity index (χ0n) is 14.7. The molecule has 0 aliphatic heterocycles. The molecule has 6 nitrogen and oxygen atoms in total. The van der Waals surface area contributed by atoms with E-state index in [4.69, 9.17) is 16.3 Å². The van der Waals surface area contributed by atoms with E-state index in [1.807, 2.05) is 30.3 Å². The fourth-order valence-electron chi connectivity index (χ4n) is 2.69. The van der Waals surface area contributed by atoms with Gasteiger partial charge in [-0.15, -0.1) is 10.2 Å². The number of carbonyl (C=O) groups excluding carboxylic acids is 1. The lowest BCUT2D eigenvalue weighted by atomic mass is 10.2. The maximum atomic E-state index is 12.6. The van der Waals surface area contributed by atoms with Gasteiger partial charge >= 0.3 is 0 Å². The van der Waals surface area contributed by atoms with Crippen LogP contribution in [0.25, 0.3) is 16.7 Å². The van der Waals surface area contributed by atoms with Crippen molar-refractivity contribution >= 4 is 56.8 Å². The van der Waals surface area contributed by atoms with Crippen molar-refractivity contribution in [1.82, 2.24) is 15.0 Å². The highest BCUT2D eigenvalue weighted by molar-refractivity contribution is 14.1. The molecule has 8 heteroatoms. The number of hydrogen-bond acceptors (Lipinski definition) is 4. The first-order valence-electron chi connectivity index (χ1n) is 8.31. The molecule has 0 spiro atoms. The lowest BCUT2D eigenvalue weighted by Gasteiger charge is -2.07. The van der Waals surface area contributed by atoms with Crippen LogP contribution in [0.3, 0.4) is 0 Å². The first-order chi connectivity index (χ1) is 13.5. The predicted octanol–water partition coefficient (Wildman–Crippen LogP) is 4.94. The number of halogens is 2. The van der Waals surface area contributed by atoms with E-state index in [0.29, 0.717) is 21.8 Å². The summed E-state index contributed by atoms with van der Waals surface area (Å²) in [6.45, 7) is 0. The van der Waals surface area contributed by atoms with Gasteiger partial charge in [-0.1, -0.05) is 11.6 Å². The Bertz CT molecular complexity index is 1170. The van der Waals surface area contributed by atoms with Gasteiger partial charge in [0, 0.05) is 14.3 Å². The molecule has 0 aliphatic carbocycles. The SMILES string of the molecule is COc1ccc(-n2nc3ccc(NC(=O)c4cc(Cl)ccc4I)cc3n2)cc1. The number of anilines is 1. The standard InChI is InChI=1S/C20H14ClIN4O2/c1-28-15-6-4-14(5-7-15)26-24-18-9-3-13(11-19(18)25-26)23-20(27)16-10-12(21)2-8-17(16)22/h2-11H,1H3,(H,23,27). The largest absolute Gasteiger partial charge is 0.497 e. The molecule has 0 saturated heterocycles. The second kappa shape index (κ2) is 7.76. The minimum absolute atomic E-state index is 0.228. The van der Waals surface area contributed by atoms with Gasteiger partial charge in [-0.3, -0.25) is 4.79 Å². The lowest BCUT2D eigenvalue weighted by molar-refractivity contribution is 0.102. The number of aromatic nitrogens is 3. The summed E-state index contributed by atoms with van der Waals surface area (Å²) in [6, 6.07) is 18.1. The molecule has 4 aromatic rings. The molecule has 1 aromatic heterocycles. The molecule has 1 amide bonds. The molecule has 0 unspecified atom stereocenters. The fourth-order valence-corrected chi connectivity index (χ4v) is 3.45. The third-order valence-electron chi connectivity index (χ3n) is 4.11. The van der Waals surface area contributed by atoms with E-state index < -0.39 is 0 Å². The summed E-state index contributed by atoms with van der Waals surface area (Å²) in [6.07, 6.45) is 0. The van der Waals surface area contributed by atoms with Gasteiger partial charge < -0.3 is 10.1 Å². The molecule has 0 aliphatic rings. The molecule has 1 heterocycles. The average molecular weight is 505 g/mol. The summed E-state index contributed by atoms with van der Waals surface area (Å²) >= 11 is 8.12. The molecule has 0 atom stereocenters. The number of nitrogens with zero attached hydrogens (tertiary/aromatic N) is 3. The van der Waals surface area contributed by atoms with Crippen molar-refractivity contribution in [3.8, 4) is 11.4 Å². The zero-order chi connectivity index (χ0) is 19.7. The molecule has 3 aromatic carbocycles. The molecular formula is C20H14ClIN4O2. The van der Waals surface area contributed by atoms with E-state index in [1.54, 1.807) is 42.2 Å². The van der Waals surface area contributed by atoms with E-state index >= 15 is 0 Å². The van der Waals surface area contributed by atoms with Crippen molar-refractivity contribution in [2.75, 3.05) is 12.4 Å². The number of methoxy groups -OCH3 is 1. The van der Waals surface area contributed by atoms with Gasteiger partial charge in [0.1, 0.15) is 16.8 Å². The Morgan fingerprint density at radius 1 is 1.04 bits per heavy atom. The normalized spacial score (nSPS) is 10.8. The topological polar surface area (TPSA) is 69.0 Å². The van der Waals surface area contributed by atoms with E-state index in [0.717, 1.165) is 20.5 Å².